The van der Waals surface area contributed by atoms with Gasteiger partial charge in [-0.2, -0.15) is 0 Å². The van der Waals surface area contributed by atoms with E-state index in [-0.39, 0.29) is 5.60 Å². The molecular formula is C11H21NOS. The fourth-order valence-corrected chi connectivity index (χ4v) is 1.90. The number of likely N-dealkylation sites (N-methyl/N-ethyl adjacent to an activating group) is 1. The van der Waals surface area contributed by atoms with E-state index in [1.54, 1.807) is 0 Å². The van der Waals surface area contributed by atoms with Crippen molar-refractivity contribution in [3.8, 4) is 0 Å². The van der Waals surface area contributed by atoms with Crippen LogP contribution >= 0.6 is 12.2 Å². The Morgan fingerprint density at radius 2 is 2.14 bits per heavy atom. The van der Waals surface area contributed by atoms with E-state index in [4.69, 9.17) is 17.0 Å². The van der Waals surface area contributed by atoms with Crippen LogP contribution in [0.25, 0.3) is 0 Å². The lowest BCUT2D eigenvalue weighted by molar-refractivity contribution is -0.0265. The van der Waals surface area contributed by atoms with E-state index < -0.39 is 0 Å². The molecule has 0 saturated carbocycles. The van der Waals surface area contributed by atoms with E-state index in [2.05, 4.69) is 32.7 Å². The van der Waals surface area contributed by atoms with Crippen LogP contribution in [0, 0.1) is 0 Å². The molecular weight excluding hydrogens is 194 g/mol. The molecule has 0 aromatic heterocycles. The summed E-state index contributed by atoms with van der Waals surface area (Å²) >= 11 is 5.28. The van der Waals surface area contributed by atoms with Gasteiger partial charge in [-0.05, 0) is 40.0 Å². The summed E-state index contributed by atoms with van der Waals surface area (Å²) in [6.07, 6.45) is 3.48. The summed E-state index contributed by atoms with van der Waals surface area (Å²) in [5.41, 5.74) is -0.0418. The van der Waals surface area contributed by atoms with Crippen LogP contribution in [0.2, 0.25) is 0 Å². The van der Waals surface area contributed by atoms with Crippen LogP contribution < -0.4 is 0 Å². The van der Waals surface area contributed by atoms with Crippen molar-refractivity contribution in [3.05, 3.63) is 0 Å². The summed E-state index contributed by atoms with van der Waals surface area (Å²) in [5.74, 6) is 0. The van der Waals surface area contributed by atoms with Crippen LogP contribution in [-0.2, 0) is 4.74 Å². The summed E-state index contributed by atoms with van der Waals surface area (Å²) in [6, 6.07) is 0.482. The van der Waals surface area contributed by atoms with Crippen LogP contribution in [0.15, 0.2) is 0 Å². The number of nitrogens with zero attached hydrogens (tertiary/aromatic N) is 1. The van der Waals surface area contributed by atoms with Crippen LogP contribution in [-0.4, -0.2) is 35.2 Å². The van der Waals surface area contributed by atoms with Crippen molar-refractivity contribution >= 4 is 17.2 Å². The lowest BCUT2D eigenvalue weighted by Gasteiger charge is -2.36. The molecule has 1 atom stereocenters. The molecule has 0 bridgehead atoms. The molecule has 0 aliphatic carbocycles. The van der Waals surface area contributed by atoms with Gasteiger partial charge in [0.2, 0.25) is 0 Å². The molecule has 0 N–H and O–H groups in total. The SMILES string of the molecule is CN1C(=S)CCCC1COC(C)(C)C. The van der Waals surface area contributed by atoms with Crippen molar-refractivity contribution in [2.45, 2.75) is 51.7 Å². The lowest BCUT2D eigenvalue weighted by atomic mass is 10.0. The molecule has 1 rings (SSSR count). The average Bonchev–Trinajstić information content (AvgIpc) is 2.06. The molecule has 2 nitrogen and oxygen atoms in total. The number of rotatable bonds is 2. The first-order valence-corrected chi connectivity index (χ1v) is 5.70. The first-order valence-electron chi connectivity index (χ1n) is 5.30. The molecule has 82 valence electrons. The predicted molar refractivity (Wildman–Crippen MR) is 63.7 cm³/mol. The lowest BCUT2D eigenvalue weighted by Crippen LogP contribution is -2.43. The summed E-state index contributed by atoms with van der Waals surface area (Å²) in [5, 5.41) is 0. The molecule has 0 amide bonds. The molecule has 1 aliphatic rings. The minimum absolute atomic E-state index is 0.0418. The van der Waals surface area contributed by atoms with Gasteiger partial charge in [0.1, 0.15) is 0 Å². The van der Waals surface area contributed by atoms with Gasteiger partial charge in [-0.25, -0.2) is 0 Å². The minimum atomic E-state index is -0.0418. The molecule has 14 heavy (non-hydrogen) atoms. The molecule has 1 saturated heterocycles. The molecule has 1 heterocycles. The van der Waals surface area contributed by atoms with E-state index in [1.807, 2.05) is 0 Å². The molecule has 3 heteroatoms. The third kappa shape index (κ3) is 3.54. The zero-order valence-electron chi connectivity index (χ0n) is 9.67. The maximum absolute atomic E-state index is 5.79. The predicted octanol–water partition coefficient (Wildman–Crippen LogP) is 2.61. The molecule has 0 spiro atoms. The highest BCUT2D eigenvalue weighted by atomic mass is 32.1. The molecule has 1 aliphatic heterocycles. The topological polar surface area (TPSA) is 12.5 Å². The Hall–Kier alpha value is -0.150. The minimum Gasteiger partial charge on any atom is -0.374 e. The Morgan fingerprint density at radius 1 is 1.50 bits per heavy atom. The number of hydrogen-bond acceptors (Lipinski definition) is 2. The third-order valence-corrected chi connectivity index (χ3v) is 3.07. The molecule has 1 unspecified atom stereocenters. The summed E-state index contributed by atoms with van der Waals surface area (Å²) in [4.78, 5) is 3.28. The van der Waals surface area contributed by atoms with E-state index in [0.29, 0.717) is 6.04 Å². The quantitative estimate of drug-likeness (QED) is 0.657. The summed E-state index contributed by atoms with van der Waals surface area (Å²) in [7, 11) is 2.08. The highest BCUT2D eigenvalue weighted by molar-refractivity contribution is 7.80. The van der Waals surface area contributed by atoms with Crippen molar-refractivity contribution < 1.29 is 4.74 Å². The standard InChI is InChI=1S/C11H21NOS/c1-11(2,3)13-8-9-6-5-7-10(14)12(9)4/h9H,5-8H2,1-4H3. The van der Waals surface area contributed by atoms with Gasteiger partial charge < -0.3 is 9.64 Å². The van der Waals surface area contributed by atoms with E-state index >= 15 is 0 Å². The highest BCUT2D eigenvalue weighted by Gasteiger charge is 2.23. The third-order valence-electron chi connectivity index (χ3n) is 2.58. The van der Waals surface area contributed by atoms with Gasteiger partial charge in [0.05, 0.1) is 23.2 Å². The zero-order chi connectivity index (χ0) is 10.8. The number of hydrogen-bond donors (Lipinski definition) is 0. The summed E-state index contributed by atoms with van der Waals surface area (Å²) in [6.45, 7) is 7.07. The fourth-order valence-electron chi connectivity index (χ4n) is 1.60. The van der Waals surface area contributed by atoms with E-state index in [0.717, 1.165) is 18.0 Å². The first kappa shape index (κ1) is 11.9. The highest BCUT2D eigenvalue weighted by Crippen LogP contribution is 2.19. The Kier molecular flexibility index (Phi) is 3.90. The Balaban J connectivity index is 2.40. The van der Waals surface area contributed by atoms with Crippen LogP contribution in [0.4, 0.5) is 0 Å². The Morgan fingerprint density at radius 3 is 2.71 bits per heavy atom. The monoisotopic (exact) mass is 215 g/mol. The smallest absolute Gasteiger partial charge is 0.0780 e. The largest absolute Gasteiger partial charge is 0.374 e. The maximum Gasteiger partial charge on any atom is 0.0780 e. The number of ether oxygens (including phenoxy) is 1. The second-order valence-corrected chi connectivity index (χ2v) is 5.45. The van der Waals surface area contributed by atoms with Crippen molar-refractivity contribution in [2.75, 3.05) is 13.7 Å². The molecule has 1 fully saturated rings. The van der Waals surface area contributed by atoms with E-state index in [1.165, 1.54) is 12.8 Å². The first-order chi connectivity index (χ1) is 6.40. The second kappa shape index (κ2) is 4.58. The number of piperidine rings is 1. The van der Waals surface area contributed by atoms with Crippen molar-refractivity contribution in [1.82, 2.24) is 4.90 Å². The average molecular weight is 215 g/mol. The van der Waals surface area contributed by atoms with Crippen LogP contribution in [0.5, 0.6) is 0 Å². The number of likely N-dealkylation sites (tertiary alicyclic amines) is 1. The van der Waals surface area contributed by atoms with Crippen molar-refractivity contribution in [3.63, 3.8) is 0 Å². The second-order valence-electron chi connectivity index (χ2n) is 4.97. The zero-order valence-corrected chi connectivity index (χ0v) is 10.5. The normalized spacial score (nSPS) is 24.1. The number of thiocarbonyl (C=S) groups is 1. The van der Waals surface area contributed by atoms with E-state index in [9.17, 15) is 0 Å². The van der Waals surface area contributed by atoms with Gasteiger partial charge in [0.15, 0.2) is 0 Å². The van der Waals surface area contributed by atoms with Crippen molar-refractivity contribution in [2.24, 2.45) is 0 Å². The molecule has 0 aromatic rings. The van der Waals surface area contributed by atoms with Gasteiger partial charge in [0, 0.05) is 7.05 Å². The van der Waals surface area contributed by atoms with Gasteiger partial charge in [0.25, 0.3) is 0 Å². The Labute approximate surface area is 92.6 Å². The van der Waals surface area contributed by atoms with Gasteiger partial charge in [-0.1, -0.05) is 12.2 Å². The maximum atomic E-state index is 5.79. The molecule has 0 radical (unpaired) electrons. The van der Waals surface area contributed by atoms with Crippen LogP contribution in [0.3, 0.4) is 0 Å². The summed E-state index contributed by atoms with van der Waals surface area (Å²) < 4.78 is 5.79. The van der Waals surface area contributed by atoms with Gasteiger partial charge >= 0.3 is 0 Å². The van der Waals surface area contributed by atoms with Crippen molar-refractivity contribution in [1.29, 1.82) is 0 Å². The van der Waals surface area contributed by atoms with Crippen LogP contribution in [0.1, 0.15) is 40.0 Å². The van der Waals surface area contributed by atoms with Gasteiger partial charge in [-0.3, -0.25) is 0 Å². The van der Waals surface area contributed by atoms with Gasteiger partial charge in [-0.15, -0.1) is 0 Å². The Bertz CT molecular complexity index is 210. The fraction of sp³-hybridized carbons (Fsp3) is 0.909. The molecule has 0 aromatic carbocycles.